The Morgan fingerprint density at radius 3 is 2.56 bits per heavy atom. The van der Waals surface area contributed by atoms with Crippen LogP contribution in [0.25, 0.3) is 0 Å². The lowest BCUT2D eigenvalue weighted by Gasteiger charge is -2.38. The molecule has 4 atom stereocenters. The Kier molecular flexibility index (Phi) is 3.88. The maximum absolute atomic E-state index is 11.4. The molecule has 18 heavy (non-hydrogen) atoms. The smallest absolute Gasteiger partial charge is 0.306 e. The summed E-state index contributed by atoms with van der Waals surface area (Å²) in [5.74, 6) is 0.884. The van der Waals surface area contributed by atoms with Gasteiger partial charge in [-0.05, 0) is 37.3 Å². The lowest BCUT2D eigenvalue weighted by Crippen LogP contribution is -2.41. The molecule has 0 amide bonds. The molecular formula is C14H26O3Si. The first-order chi connectivity index (χ1) is 8.29. The summed E-state index contributed by atoms with van der Waals surface area (Å²) in [6.07, 6.45) is 3.21. The summed E-state index contributed by atoms with van der Waals surface area (Å²) in [6, 6.07) is 0. The zero-order valence-electron chi connectivity index (χ0n) is 12.2. The Labute approximate surface area is 112 Å². The van der Waals surface area contributed by atoms with E-state index in [2.05, 4.69) is 33.9 Å². The summed E-state index contributed by atoms with van der Waals surface area (Å²) in [5, 5.41) is 0. The van der Waals surface area contributed by atoms with E-state index in [4.69, 9.17) is 9.16 Å². The minimum Gasteiger partial charge on any atom is -0.462 e. The van der Waals surface area contributed by atoms with Crippen LogP contribution in [-0.2, 0) is 14.0 Å². The van der Waals surface area contributed by atoms with E-state index < -0.39 is 9.04 Å². The number of ether oxygens (including phenoxy) is 1. The maximum atomic E-state index is 11.4. The van der Waals surface area contributed by atoms with Gasteiger partial charge in [0.05, 0.1) is 12.5 Å². The Morgan fingerprint density at radius 2 is 2.00 bits per heavy atom. The highest BCUT2D eigenvalue weighted by molar-refractivity contribution is 6.48. The summed E-state index contributed by atoms with van der Waals surface area (Å²) < 4.78 is 11.7. The zero-order valence-corrected chi connectivity index (χ0v) is 13.4. The quantitative estimate of drug-likeness (QED) is 0.584. The molecule has 0 aromatic rings. The molecule has 1 saturated heterocycles. The van der Waals surface area contributed by atoms with Crippen molar-refractivity contribution in [2.75, 3.05) is 0 Å². The molecule has 104 valence electrons. The predicted octanol–water partition coefficient (Wildman–Crippen LogP) is 2.74. The zero-order chi connectivity index (χ0) is 13.5. The molecule has 1 heterocycles. The predicted molar refractivity (Wildman–Crippen MR) is 73.9 cm³/mol. The van der Waals surface area contributed by atoms with Gasteiger partial charge in [-0.3, -0.25) is 4.79 Å². The number of carbonyl (C=O) groups is 1. The summed E-state index contributed by atoms with van der Waals surface area (Å²) in [4.78, 5) is 11.4. The van der Waals surface area contributed by atoms with Crippen LogP contribution in [0.3, 0.4) is 0 Å². The summed E-state index contributed by atoms with van der Waals surface area (Å²) in [5.41, 5.74) is 0.141. The molecule has 0 bridgehead atoms. The Balaban J connectivity index is 2.14. The van der Waals surface area contributed by atoms with Crippen LogP contribution in [-0.4, -0.2) is 27.2 Å². The van der Waals surface area contributed by atoms with Gasteiger partial charge >= 0.3 is 5.97 Å². The molecule has 0 radical (unpaired) electrons. The van der Waals surface area contributed by atoms with E-state index in [1.54, 1.807) is 0 Å². The summed E-state index contributed by atoms with van der Waals surface area (Å²) in [6.45, 7) is 11.2. The third kappa shape index (κ3) is 2.80. The minimum atomic E-state index is -1.06. The van der Waals surface area contributed by atoms with Gasteiger partial charge in [0.1, 0.15) is 6.10 Å². The van der Waals surface area contributed by atoms with Gasteiger partial charge in [-0.25, -0.2) is 0 Å². The van der Waals surface area contributed by atoms with Gasteiger partial charge in [0.25, 0.3) is 0 Å². The second-order valence-corrected chi connectivity index (χ2v) is 9.48. The van der Waals surface area contributed by atoms with Crippen LogP contribution in [0, 0.1) is 17.3 Å². The Morgan fingerprint density at radius 1 is 1.33 bits per heavy atom. The number of esters is 1. The molecule has 0 N–H and O–H groups in total. The monoisotopic (exact) mass is 270 g/mol. The van der Waals surface area contributed by atoms with E-state index in [1.165, 1.54) is 0 Å². The molecule has 1 aliphatic carbocycles. The SMILES string of the molecule is C[SiH](C)OC([C@@H]1CC[C@@H]2OC(=O)C[C@@H]21)C(C)(C)C. The van der Waals surface area contributed by atoms with Crippen molar-refractivity contribution >= 4 is 15.0 Å². The topological polar surface area (TPSA) is 35.5 Å². The van der Waals surface area contributed by atoms with E-state index in [1.807, 2.05) is 0 Å². The van der Waals surface area contributed by atoms with Gasteiger partial charge < -0.3 is 9.16 Å². The Hall–Kier alpha value is -0.353. The van der Waals surface area contributed by atoms with Crippen molar-refractivity contribution in [3.8, 4) is 0 Å². The van der Waals surface area contributed by atoms with Gasteiger partial charge in [0.2, 0.25) is 0 Å². The first kappa shape index (κ1) is 14.1. The van der Waals surface area contributed by atoms with E-state index in [9.17, 15) is 4.79 Å². The van der Waals surface area contributed by atoms with Crippen LogP contribution in [0.1, 0.15) is 40.0 Å². The first-order valence-electron chi connectivity index (χ1n) is 7.14. The largest absolute Gasteiger partial charge is 0.462 e. The van der Waals surface area contributed by atoms with E-state index in [-0.39, 0.29) is 23.6 Å². The van der Waals surface area contributed by atoms with Crippen LogP contribution in [0.15, 0.2) is 0 Å². The van der Waals surface area contributed by atoms with Crippen molar-refractivity contribution in [1.82, 2.24) is 0 Å². The number of carbonyl (C=O) groups excluding carboxylic acids is 1. The highest BCUT2D eigenvalue weighted by atomic mass is 28.3. The van der Waals surface area contributed by atoms with E-state index in [0.29, 0.717) is 18.3 Å². The second kappa shape index (κ2) is 4.97. The lowest BCUT2D eigenvalue weighted by molar-refractivity contribution is -0.141. The summed E-state index contributed by atoms with van der Waals surface area (Å²) >= 11 is 0. The van der Waals surface area contributed by atoms with Crippen molar-refractivity contribution in [2.24, 2.45) is 17.3 Å². The molecule has 2 aliphatic rings. The van der Waals surface area contributed by atoms with Crippen molar-refractivity contribution in [1.29, 1.82) is 0 Å². The van der Waals surface area contributed by atoms with Crippen LogP contribution < -0.4 is 0 Å². The first-order valence-corrected chi connectivity index (χ1v) is 9.92. The van der Waals surface area contributed by atoms with Crippen molar-refractivity contribution in [3.63, 3.8) is 0 Å². The Bertz CT molecular complexity index is 321. The molecule has 2 rings (SSSR count). The molecule has 4 heteroatoms. The van der Waals surface area contributed by atoms with Crippen LogP contribution >= 0.6 is 0 Å². The molecule has 1 aliphatic heterocycles. The second-order valence-electron chi connectivity index (χ2n) is 7.11. The third-order valence-electron chi connectivity index (χ3n) is 4.16. The van der Waals surface area contributed by atoms with Crippen LogP contribution in [0.5, 0.6) is 0 Å². The van der Waals surface area contributed by atoms with Crippen LogP contribution in [0.4, 0.5) is 0 Å². The van der Waals surface area contributed by atoms with Gasteiger partial charge in [-0.1, -0.05) is 20.8 Å². The number of hydrogen-bond acceptors (Lipinski definition) is 3. The van der Waals surface area contributed by atoms with Gasteiger partial charge in [-0.15, -0.1) is 0 Å². The number of hydrogen-bond donors (Lipinski definition) is 0. The third-order valence-corrected chi connectivity index (χ3v) is 5.00. The van der Waals surface area contributed by atoms with Crippen molar-refractivity contribution in [3.05, 3.63) is 0 Å². The minimum absolute atomic E-state index is 0.0100. The molecule has 1 unspecified atom stereocenters. The maximum Gasteiger partial charge on any atom is 0.306 e. The summed E-state index contributed by atoms with van der Waals surface area (Å²) in [7, 11) is -1.06. The highest BCUT2D eigenvalue weighted by Crippen LogP contribution is 2.47. The number of rotatable bonds is 3. The molecule has 1 saturated carbocycles. The average molecular weight is 270 g/mol. The normalized spacial score (nSPS) is 33.7. The standard InChI is InChI=1S/C14H26O3Si/c1-14(2,3)13(17-18(4)5)9-6-7-11-10(9)8-12(15)16-11/h9-11,13,18H,6-8H2,1-5H3/t9-,10-,11+,13?/m1/s1. The molecule has 0 spiro atoms. The average Bonchev–Trinajstić information content (AvgIpc) is 2.71. The van der Waals surface area contributed by atoms with E-state index >= 15 is 0 Å². The number of fused-ring (bicyclic) bond motifs is 1. The highest BCUT2D eigenvalue weighted by Gasteiger charge is 2.50. The van der Waals surface area contributed by atoms with Gasteiger partial charge in [0, 0.05) is 5.92 Å². The van der Waals surface area contributed by atoms with Crippen molar-refractivity contribution < 1.29 is 14.0 Å². The van der Waals surface area contributed by atoms with Crippen molar-refractivity contribution in [2.45, 2.75) is 65.3 Å². The molecule has 2 fully saturated rings. The van der Waals surface area contributed by atoms with E-state index in [0.717, 1.165) is 12.8 Å². The fraction of sp³-hybridized carbons (Fsp3) is 0.929. The molecule has 3 nitrogen and oxygen atoms in total. The molecular weight excluding hydrogens is 244 g/mol. The van der Waals surface area contributed by atoms with Gasteiger partial charge in [0.15, 0.2) is 9.04 Å². The molecule has 0 aromatic heterocycles. The molecule has 0 aromatic carbocycles. The van der Waals surface area contributed by atoms with Crippen LogP contribution in [0.2, 0.25) is 13.1 Å². The van der Waals surface area contributed by atoms with Gasteiger partial charge in [-0.2, -0.15) is 0 Å². The fourth-order valence-corrected chi connectivity index (χ4v) is 4.71. The fourth-order valence-electron chi connectivity index (χ4n) is 3.52. The lowest BCUT2D eigenvalue weighted by atomic mass is 9.76.